The molecule has 5 aromatic rings. The Morgan fingerprint density at radius 3 is 1.94 bits per heavy atom. The van der Waals surface area contributed by atoms with Crippen LogP contribution in [0.4, 0.5) is 13.2 Å². The molecule has 0 aliphatic carbocycles. The Kier molecular flexibility index (Phi) is 6.42. The Bertz CT molecular complexity index is 1500. The van der Waals surface area contributed by atoms with Gasteiger partial charge in [0.05, 0.1) is 5.56 Å². The van der Waals surface area contributed by atoms with E-state index in [9.17, 15) is 13.2 Å². The molecule has 3 aromatic carbocycles. The summed E-state index contributed by atoms with van der Waals surface area (Å²) in [6.07, 6.45) is -3.31. The molecule has 5 rings (SSSR count). The number of aromatic nitrogens is 4. The number of fused-ring (bicyclic) bond motifs is 1. The van der Waals surface area contributed by atoms with Gasteiger partial charge in [0, 0.05) is 15.6 Å². The minimum Gasteiger partial charge on any atom is -0.471 e. The van der Waals surface area contributed by atoms with Gasteiger partial charge in [-0.25, -0.2) is 0 Å². The van der Waals surface area contributed by atoms with E-state index in [-0.39, 0.29) is 18.2 Å². The molecule has 0 N–H and O–H groups in total. The van der Waals surface area contributed by atoms with Crippen LogP contribution in [0.5, 0.6) is 11.6 Å². The summed E-state index contributed by atoms with van der Waals surface area (Å²) in [5, 5.41) is 13.9. The number of hydrogen-bond acceptors (Lipinski definition) is 5. The van der Waals surface area contributed by atoms with Gasteiger partial charge in [-0.2, -0.15) is 4.52 Å². The smallest absolute Gasteiger partial charge is 0.471 e. The molecule has 2 aromatic heterocycles. The molecule has 6 nitrogen and oxygen atoms in total. The van der Waals surface area contributed by atoms with Crippen molar-refractivity contribution in [2.45, 2.75) is 13.0 Å². The van der Waals surface area contributed by atoms with Crippen LogP contribution in [0.25, 0.3) is 27.9 Å². The zero-order chi connectivity index (χ0) is 25.3. The predicted octanol–water partition coefficient (Wildman–Crippen LogP) is 7.24. The van der Waals surface area contributed by atoms with Crippen LogP contribution in [0.2, 0.25) is 10.0 Å². The number of ether oxygens (including phenoxy) is 2. The lowest BCUT2D eigenvalue weighted by molar-refractivity contribution is -0.274. The van der Waals surface area contributed by atoms with Gasteiger partial charge in [-0.3, -0.25) is 0 Å². The molecule has 0 spiro atoms. The van der Waals surface area contributed by atoms with E-state index in [1.807, 2.05) is 24.3 Å². The standard InChI is InChI=1S/C25H15Cl2F3N4O2/c26-18-7-3-16(4-8-18)21-22(17-5-9-19(27)10-6-17)24(33-34-14-31-32-23(21)34)35-13-15-1-11-20(12-2-15)36-25(28,29)30/h1-12,14H,13H2. The van der Waals surface area contributed by atoms with Crippen molar-refractivity contribution in [3.8, 4) is 33.9 Å². The van der Waals surface area contributed by atoms with Crippen molar-refractivity contribution >= 4 is 28.8 Å². The van der Waals surface area contributed by atoms with Crippen LogP contribution in [0.1, 0.15) is 5.56 Å². The summed E-state index contributed by atoms with van der Waals surface area (Å²) in [7, 11) is 0. The van der Waals surface area contributed by atoms with Crippen LogP contribution in [-0.4, -0.2) is 26.2 Å². The topological polar surface area (TPSA) is 61.5 Å². The highest BCUT2D eigenvalue weighted by Gasteiger charge is 2.31. The van der Waals surface area contributed by atoms with Crippen molar-refractivity contribution in [3.63, 3.8) is 0 Å². The maximum atomic E-state index is 12.5. The molecule has 2 heterocycles. The molecular weight excluding hydrogens is 516 g/mol. The quantitative estimate of drug-likeness (QED) is 0.231. The minimum absolute atomic E-state index is 0.0353. The largest absolute Gasteiger partial charge is 0.573 e. The fourth-order valence-corrected chi connectivity index (χ4v) is 3.90. The summed E-state index contributed by atoms with van der Waals surface area (Å²) < 4.78 is 48.9. The minimum atomic E-state index is -4.76. The van der Waals surface area contributed by atoms with Gasteiger partial charge in [-0.15, -0.1) is 28.5 Å². The summed E-state index contributed by atoms with van der Waals surface area (Å²) in [6, 6.07) is 19.8. The summed E-state index contributed by atoms with van der Waals surface area (Å²) in [4.78, 5) is 0. The van der Waals surface area contributed by atoms with Crippen molar-refractivity contribution in [2.75, 3.05) is 0 Å². The van der Waals surface area contributed by atoms with Gasteiger partial charge in [-0.05, 0) is 53.1 Å². The first-order valence-electron chi connectivity index (χ1n) is 10.5. The molecule has 0 amide bonds. The van der Waals surface area contributed by atoms with Gasteiger partial charge < -0.3 is 9.47 Å². The van der Waals surface area contributed by atoms with E-state index in [4.69, 9.17) is 27.9 Å². The summed E-state index contributed by atoms with van der Waals surface area (Å²) in [5.41, 5.74) is 4.06. The lowest BCUT2D eigenvalue weighted by Gasteiger charge is -2.16. The van der Waals surface area contributed by atoms with Gasteiger partial charge >= 0.3 is 6.36 Å². The van der Waals surface area contributed by atoms with Crippen LogP contribution < -0.4 is 9.47 Å². The predicted molar refractivity (Wildman–Crippen MR) is 129 cm³/mol. The fourth-order valence-electron chi connectivity index (χ4n) is 3.65. The third-order valence-corrected chi connectivity index (χ3v) is 5.72. The molecule has 182 valence electrons. The molecule has 0 aliphatic heterocycles. The first-order chi connectivity index (χ1) is 17.3. The second kappa shape index (κ2) is 9.67. The summed E-state index contributed by atoms with van der Waals surface area (Å²) in [6.45, 7) is 0.0353. The second-order valence-corrected chi connectivity index (χ2v) is 8.52. The van der Waals surface area contributed by atoms with Crippen LogP contribution in [-0.2, 0) is 6.61 Å². The number of hydrogen-bond donors (Lipinski definition) is 0. The molecule has 0 aliphatic rings. The highest BCUT2D eigenvalue weighted by atomic mass is 35.5. The van der Waals surface area contributed by atoms with E-state index in [1.165, 1.54) is 35.1 Å². The maximum Gasteiger partial charge on any atom is 0.573 e. The molecule has 36 heavy (non-hydrogen) atoms. The monoisotopic (exact) mass is 530 g/mol. The molecule has 0 unspecified atom stereocenters. The second-order valence-electron chi connectivity index (χ2n) is 7.65. The first kappa shape index (κ1) is 23.9. The summed E-state index contributed by atoms with van der Waals surface area (Å²) in [5.74, 6) is -0.0487. The van der Waals surface area contributed by atoms with Crippen molar-refractivity contribution in [3.05, 3.63) is 94.7 Å². The van der Waals surface area contributed by atoms with Gasteiger partial charge in [0.2, 0.25) is 5.88 Å². The SMILES string of the molecule is FC(F)(F)Oc1ccc(COc2nn3cnnc3c(-c3ccc(Cl)cc3)c2-c2ccc(Cl)cc2)cc1. The van der Waals surface area contributed by atoms with Gasteiger partial charge in [0.15, 0.2) is 5.65 Å². The lowest BCUT2D eigenvalue weighted by Crippen LogP contribution is -2.17. The molecule has 0 atom stereocenters. The average molecular weight is 531 g/mol. The Labute approximate surface area is 212 Å². The molecule has 0 saturated carbocycles. The van der Waals surface area contributed by atoms with Crippen LogP contribution in [0.3, 0.4) is 0 Å². The normalized spacial score (nSPS) is 11.6. The number of halogens is 5. The van der Waals surface area contributed by atoms with Crippen molar-refractivity contribution in [1.29, 1.82) is 0 Å². The van der Waals surface area contributed by atoms with Crippen LogP contribution in [0, 0.1) is 0 Å². The number of benzene rings is 3. The van der Waals surface area contributed by atoms with E-state index in [1.54, 1.807) is 24.3 Å². The highest BCUT2D eigenvalue weighted by Crippen LogP contribution is 2.41. The van der Waals surface area contributed by atoms with E-state index >= 15 is 0 Å². The maximum absolute atomic E-state index is 12.5. The lowest BCUT2D eigenvalue weighted by atomic mass is 9.96. The Hall–Kier alpha value is -3.82. The van der Waals surface area contributed by atoms with Crippen LogP contribution in [0.15, 0.2) is 79.1 Å². The van der Waals surface area contributed by atoms with E-state index in [0.717, 1.165) is 11.1 Å². The van der Waals surface area contributed by atoms with E-state index in [0.29, 0.717) is 32.4 Å². The van der Waals surface area contributed by atoms with Crippen molar-refractivity contribution in [2.24, 2.45) is 0 Å². The Morgan fingerprint density at radius 2 is 1.36 bits per heavy atom. The fraction of sp³-hybridized carbons (Fsp3) is 0.0800. The van der Waals surface area contributed by atoms with Crippen molar-refractivity contribution in [1.82, 2.24) is 19.8 Å². The number of rotatable bonds is 6. The molecule has 0 fully saturated rings. The van der Waals surface area contributed by atoms with Crippen LogP contribution >= 0.6 is 23.2 Å². The third kappa shape index (κ3) is 5.22. The first-order valence-corrected chi connectivity index (χ1v) is 11.3. The summed E-state index contributed by atoms with van der Waals surface area (Å²) >= 11 is 12.2. The Morgan fingerprint density at radius 1 is 0.778 bits per heavy atom. The molecule has 0 radical (unpaired) electrons. The van der Waals surface area contributed by atoms with Gasteiger partial charge in [-0.1, -0.05) is 59.6 Å². The molecule has 11 heteroatoms. The average Bonchev–Trinajstić information content (AvgIpc) is 3.31. The van der Waals surface area contributed by atoms with E-state index in [2.05, 4.69) is 20.0 Å². The molecular formula is C25H15Cl2F3N4O2. The van der Waals surface area contributed by atoms with E-state index < -0.39 is 6.36 Å². The van der Waals surface area contributed by atoms with Gasteiger partial charge in [0.25, 0.3) is 0 Å². The zero-order valence-corrected chi connectivity index (χ0v) is 19.7. The number of nitrogens with zero attached hydrogens (tertiary/aromatic N) is 4. The zero-order valence-electron chi connectivity index (χ0n) is 18.2. The van der Waals surface area contributed by atoms with Gasteiger partial charge in [0.1, 0.15) is 18.7 Å². The Balaban J connectivity index is 1.58. The third-order valence-electron chi connectivity index (χ3n) is 5.21. The van der Waals surface area contributed by atoms with Crippen molar-refractivity contribution < 1.29 is 22.6 Å². The highest BCUT2D eigenvalue weighted by molar-refractivity contribution is 6.31. The number of alkyl halides is 3. The molecule has 0 bridgehead atoms. The molecule has 0 saturated heterocycles.